The maximum atomic E-state index is 14.2. The number of nitrogens with two attached hydrogens (primary N) is 1. The number of piperidine rings is 3. The first kappa shape index (κ1) is 37.4. The lowest BCUT2D eigenvalue weighted by Crippen LogP contribution is -2.57. The van der Waals surface area contributed by atoms with Crippen LogP contribution in [0.4, 0.5) is 21.0 Å². The quantitative estimate of drug-likeness (QED) is 0.226. The van der Waals surface area contributed by atoms with Gasteiger partial charge in [-0.3, -0.25) is 14.5 Å². The summed E-state index contributed by atoms with van der Waals surface area (Å²) in [5.41, 5.74) is 9.54. The van der Waals surface area contributed by atoms with E-state index in [9.17, 15) is 19.2 Å². The van der Waals surface area contributed by atoms with Gasteiger partial charge in [0.1, 0.15) is 6.04 Å². The van der Waals surface area contributed by atoms with Crippen molar-refractivity contribution in [2.75, 3.05) is 63.5 Å². The largest absolute Gasteiger partial charge is 0.465 e. The van der Waals surface area contributed by atoms with Crippen molar-refractivity contribution in [3.63, 3.8) is 0 Å². The molecule has 0 aliphatic carbocycles. The van der Waals surface area contributed by atoms with Gasteiger partial charge in [-0.2, -0.15) is 0 Å². The average molecular weight is 832 g/mol. The van der Waals surface area contributed by atoms with E-state index in [0.29, 0.717) is 82.7 Å². The third-order valence-electron chi connectivity index (χ3n) is 11.0. The molecular weight excluding hydrogens is 782 g/mol. The number of urea groups is 2. The molecule has 0 saturated carbocycles. The average Bonchev–Trinajstić information content (AvgIpc) is 3.13. The van der Waals surface area contributed by atoms with Crippen molar-refractivity contribution in [2.45, 2.75) is 70.5 Å². The first-order chi connectivity index (χ1) is 24.6. The minimum absolute atomic E-state index is 0.0235. The highest BCUT2D eigenvalue weighted by atomic mass is 79.9. The number of anilines is 2. The van der Waals surface area contributed by atoms with Crippen molar-refractivity contribution in [1.82, 2.24) is 24.9 Å². The third kappa shape index (κ3) is 9.18. The highest BCUT2D eigenvalue weighted by molar-refractivity contribution is 9.11. The Morgan fingerprint density at radius 3 is 2.18 bits per heavy atom. The number of benzene rings is 2. The van der Waals surface area contributed by atoms with Crippen LogP contribution in [0.1, 0.15) is 56.6 Å². The smallest absolute Gasteiger partial charge is 0.322 e. The van der Waals surface area contributed by atoms with Crippen LogP contribution in [0.15, 0.2) is 45.3 Å². The van der Waals surface area contributed by atoms with E-state index in [1.807, 2.05) is 53.1 Å². The van der Waals surface area contributed by atoms with E-state index in [1.165, 1.54) is 0 Å². The molecule has 0 spiro atoms. The molecule has 6 rings (SSSR count). The number of rotatable bonds is 9. The van der Waals surface area contributed by atoms with Crippen LogP contribution in [0.2, 0.25) is 0 Å². The van der Waals surface area contributed by atoms with E-state index in [4.69, 9.17) is 10.5 Å². The van der Waals surface area contributed by atoms with E-state index in [1.54, 1.807) is 4.90 Å². The van der Waals surface area contributed by atoms with Crippen molar-refractivity contribution in [3.05, 3.63) is 56.5 Å². The molecule has 1 atom stereocenters. The number of likely N-dealkylation sites (tertiary alicyclic amines) is 3. The molecule has 5 amide bonds. The van der Waals surface area contributed by atoms with Gasteiger partial charge in [0, 0.05) is 59.8 Å². The molecule has 4 N–H and O–H groups in total. The number of halogens is 2. The summed E-state index contributed by atoms with van der Waals surface area (Å²) in [6.07, 6.45) is 5.59. The third-order valence-corrected chi connectivity index (χ3v) is 12.3. The van der Waals surface area contributed by atoms with Gasteiger partial charge >= 0.3 is 18.0 Å². The first-order valence-electron chi connectivity index (χ1n) is 18.2. The van der Waals surface area contributed by atoms with Gasteiger partial charge in [0.25, 0.3) is 0 Å². The standard InChI is InChI=1S/C37H49Br2N7O5/c1-2-51-33(47)23-43-13-7-25(8-14-43)26-9-15-44(16-10-26)35(48)32(21-24-19-29(38)34(40)30(39)20-24)42-36(49)45-17-11-28(12-18-45)46-22-27-5-3-4-6-31(27)41-37(46)50/h3-6,19-20,25-26,28,32H,2,7-18,21-23,40H2,1H3,(H,41,50)(H,42,49)/t32-/m1/s1. The summed E-state index contributed by atoms with van der Waals surface area (Å²) in [5, 5.41) is 6.10. The zero-order valence-corrected chi connectivity index (χ0v) is 32.4. The number of nitrogen functional groups attached to an aromatic ring is 1. The Balaban J connectivity index is 1.05. The first-order valence-corrected chi connectivity index (χ1v) is 19.8. The minimum Gasteiger partial charge on any atom is -0.465 e. The molecule has 0 aromatic heterocycles. The fraction of sp³-hybridized carbons (Fsp3) is 0.568. The number of amides is 5. The van der Waals surface area contributed by atoms with Crippen LogP contribution in [0, 0.1) is 11.8 Å². The molecule has 14 heteroatoms. The van der Waals surface area contributed by atoms with Crippen molar-refractivity contribution in [2.24, 2.45) is 11.8 Å². The van der Waals surface area contributed by atoms with Crippen LogP contribution in [0.5, 0.6) is 0 Å². The van der Waals surface area contributed by atoms with Gasteiger partial charge in [-0.05, 0) is 132 Å². The summed E-state index contributed by atoms with van der Waals surface area (Å²) in [7, 11) is 0. The molecule has 0 unspecified atom stereocenters. The van der Waals surface area contributed by atoms with Crippen LogP contribution in [0.3, 0.4) is 0 Å². The lowest BCUT2D eigenvalue weighted by Gasteiger charge is -2.41. The number of carbonyl (C=O) groups is 4. The van der Waals surface area contributed by atoms with Crippen LogP contribution < -0.4 is 16.4 Å². The second-order valence-corrected chi connectivity index (χ2v) is 15.9. The van der Waals surface area contributed by atoms with Gasteiger partial charge in [-0.25, -0.2) is 9.59 Å². The molecule has 3 saturated heterocycles. The van der Waals surface area contributed by atoms with Crippen molar-refractivity contribution < 1.29 is 23.9 Å². The van der Waals surface area contributed by atoms with Gasteiger partial charge in [0.15, 0.2) is 0 Å². The topological polar surface area (TPSA) is 141 Å². The van der Waals surface area contributed by atoms with E-state index >= 15 is 0 Å². The van der Waals surface area contributed by atoms with Crippen LogP contribution >= 0.6 is 31.9 Å². The monoisotopic (exact) mass is 829 g/mol. The molecule has 3 fully saturated rings. The highest BCUT2D eigenvalue weighted by Gasteiger charge is 2.36. The normalized spacial score (nSPS) is 20.1. The molecule has 51 heavy (non-hydrogen) atoms. The molecule has 2 aromatic carbocycles. The van der Waals surface area contributed by atoms with Gasteiger partial charge in [-0.1, -0.05) is 18.2 Å². The van der Waals surface area contributed by atoms with Crippen molar-refractivity contribution >= 4 is 67.2 Å². The van der Waals surface area contributed by atoms with Crippen LogP contribution in [-0.2, 0) is 27.3 Å². The van der Waals surface area contributed by atoms with Gasteiger partial charge in [-0.15, -0.1) is 0 Å². The predicted molar refractivity (Wildman–Crippen MR) is 203 cm³/mol. The number of ether oxygens (including phenoxy) is 1. The minimum atomic E-state index is -0.746. The second kappa shape index (κ2) is 17.0. The zero-order chi connectivity index (χ0) is 36.1. The highest BCUT2D eigenvalue weighted by Crippen LogP contribution is 2.34. The Bertz CT molecular complexity index is 1560. The number of nitrogens with zero attached hydrogens (tertiary/aromatic N) is 4. The fourth-order valence-electron chi connectivity index (χ4n) is 8.11. The summed E-state index contributed by atoms with van der Waals surface area (Å²) in [6, 6.07) is 10.6. The Hall–Kier alpha value is -3.36. The van der Waals surface area contributed by atoms with Gasteiger partial charge in [0.2, 0.25) is 5.91 Å². The van der Waals surface area contributed by atoms with Gasteiger partial charge in [0.05, 0.1) is 18.8 Å². The predicted octanol–water partition coefficient (Wildman–Crippen LogP) is 5.44. The number of hydrogen-bond acceptors (Lipinski definition) is 7. The maximum absolute atomic E-state index is 14.2. The second-order valence-electron chi connectivity index (χ2n) is 14.2. The molecule has 0 radical (unpaired) electrons. The van der Waals surface area contributed by atoms with Crippen molar-refractivity contribution in [3.8, 4) is 0 Å². The molecule has 0 bridgehead atoms. The summed E-state index contributed by atoms with van der Waals surface area (Å²) in [5.74, 6) is 0.876. The molecule has 4 aliphatic heterocycles. The summed E-state index contributed by atoms with van der Waals surface area (Å²) < 4.78 is 6.58. The molecule has 4 heterocycles. The summed E-state index contributed by atoms with van der Waals surface area (Å²) >= 11 is 7.06. The van der Waals surface area contributed by atoms with Crippen LogP contribution in [0.25, 0.3) is 0 Å². The molecule has 12 nitrogen and oxygen atoms in total. The van der Waals surface area contributed by atoms with Gasteiger partial charge < -0.3 is 35.8 Å². The lowest BCUT2D eigenvalue weighted by atomic mass is 9.78. The van der Waals surface area contributed by atoms with Crippen LogP contribution in [-0.4, -0.2) is 108 Å². The lowest BCUT2D eigenvalue weighted by molar-refractivity contribution is -0.144. The van der Waals surface area contributed by atoms with E-state index in [0.717, 1.165) is 64.5 Å². The zero-order valence-electron chi connectivity index (χ0n) is 29.3. The molecule has 276 valence electrons. The SMILES string of the molecule is CCOC(=O)CN1CCC(C2CCN(C(=O)[C@@H](Cc3cc(Br)c(N)c(Br)c3)NC(=O)N3CCC(N4Cc5ccccc5NC4=O)CC3)CC2)CC1. The van der Waals surface area contributed by atoms with Crippen molar-refractivity contribution in [1.29, 1.82) is 0 Å². The number of nitrogens with one attached hydrogen (secondary N) is 2. The number of esters is 1. The molecular formula is C37H49Br2N7O5. The number of carbonyl (C=O) groups excluding carboxylic acids is 4. The summed E-state index contributed by atoms with van der Waals surface area (Å²) in [6.45, 7) is 7.20. The van der Waals surface area contributed by atoms with E-state index in [-0.39, 0.29) is 30.0 Å². The number of para-hydroxylation sites is 1. The Morgan fingerprint density at radius 1 is 0.922 bits per heavy atom. The molecule has 4 aliphatic rings. The summed E-state index contributed by atoms with van der Waals surface area (Å²) in [4.78, 5) is 60.5. The molecule has 2 aromatic rings. The fourth-order valence-corrected chi connectivity index (χ4v) is 9.39. The van der Waals surface area contributed by atoms with E-state index < -0.39 is 6.04 Å². The number of fused-ring (bicyclic) bond motifs is 1. The Kier molecular flexibility index (Phi) is 12.5. The van der Waals surface area contributed by atoms with E-state index in [2.05, 4.69) is 47.4 Å². The number of hydrogen-bond donors (Lipinski definition) is 3. The maximum Gasteiger partial charge on any atom is 0.322 e. The Morgan fingerprint density at radius 2 is 1.53 bits per heavy atom. The Labute approximate surface area is 317 Å².